The van der Waals surface area contributed by atoms with Crippen molar-refractivity contribution >= 4 is 11.3 Å². The van der Waals surface area contributed by atoms with E-state index in [9.17, 15) is 4.79 Å². The van der Waals surface area contributed by atoms with Crippen molar-refractivity contribution < 1.29 is 8.94 Å². The van der Waals surface area contributed by atoms with Crippen LogP contribution in [-0.4, -0.2) is 5.16 Å². The van der Waals surface area contributed by atoms with E-state index in [2.05, 4.69) is 20.2 Å². The summed E-state index contributed by atoms with van der Waals surface area (Å²) in [6.07, 6.45) is 2.54. The van der Waals surface area contributed by atoms with Crippen LogP contribution in [0.2, 0.25) is 0 Å². The van der Waals surface area contributed by atoms with E-state index in [0.717, 1.165) is 12.8 Å². The smallest absolute Gasteiger partial charge is 0.375 e. The first-order chi connectivity index (χ1) is 6.84. The van der Waals surface area contributed by atoms with Crippen molar-refractivity contribution in [2.24, 2.45) is 0 Å². The average Bonchev–Trinajstić information content (AvgIpc) is 2.77. The van der Waals surface area contributed by atoms with E-state index in [1.807, 2.05) is 11.4 Å². The van der Waals surface area contributed by atoms with Crippen LogP contribution in [0.4, 0.5) is 0 Å². The van der Waals surface area contributed by atoms with Crippen LogP contribution in [0.5, 0.6) is 0 Å². The Morgan fingerprint density at radius 1 is 1.43 bits per heavy atom. The molecule has 0 amide bonds. The number of hydrogen-bond donors (Lipinski definition) is 0. The molecule has 2 aromatic heterocycles. The topological polar surface area (TPSA) is 56.2 Å². The molecule has 0 atom stereocenters. The standard InChI is InChI=1S/C9H9NO3S/c11-9-12-8(10-13-9)5-1-3-7-4-2-6-14-7/h2,4,6H,1,3,5H2. The first-order valence-electron chi connectivity index (χ1n) is 4.32. The van der Waals surface area contributed by atoms with E-state index in [1.165, 1.54) is 4.88 Å². The minimum Gasteiger partial charge on any atom is -0.375 e. The summed E-state index contributed by atoms with van der Waals surface area (Å²) in [5, 5.41) is 5.53. The Labute approximate surface area is 84.2 Å². The number of rotatable bonds is 4. The number of nitrogens with zero attached hydrogens (tertiary/aromatic N) is 1. The quantitative estimate of drug-likeness (QED) is 0.774. The Morgan fingerprint density at radius 3 is 3.00 bits per heavy atom. The molecule has 5 heteroatoms. The molecule has 0 saturated heterocycles. The third-order valence-electron chi connectivity index (χ3n) is 1.82. The van der Waals surface area contributed by atoms with Gasteiger partial charge in [-0.15, -0.1) is 11.3 Å². The lowest BCUT2D eigenvalue weighted by Crippen LogP contribution is -1.89. The molecule has 4 nitrogen and oxygen atoms in total. The van der Waals surface area contributed by atoms with Gasteiger partial charge >= 0.3 is 5.82 Å². The summed E-state index contributed by atoms with van der Waals surface area (Å²) in [7, 11) is 0. The molecule has 0 unspecified atom stereocenters. The van der Waals surface area contributed by atoms with E-state index in [0.29, 0.717) is 12.3 Å². The highest BCUT2D eigenvalue weighted by atomic mass is 32.1. The largest absolute Gasteiger partial charge is 0.542 e. The second-order valence-electron chi connectivity index (χ2n) is 2.86. The highest BCUT2D eigenvalue weighted by Gasteiger charge is 2.03. The predicted molar refractivity (Wildman–Crippen MR) is 51.4 cm³/mol. The Morgan fingerprint density at radius 2 is 2.36 bits per heavy atom. The molecule has 2 aromatic rings. The fraction of sp³-hybridized carbons (Fsp3) is 0.333. The van der Waals surface area contributed by atoms with E-state index < -0.39 is 5.82 Å². The van der Waals surface area contributed by atoms with Crippen LogP contribution in [0.1, 0.15) is 17.2 Å². The van der Waals surface area contributed by atoms with Gasteiger partial charge in [0.15, 0.2) is 0 Å². The van der Waals surface area contributed by atoms with Gasteiger partial charge in [-0.05, 0) is 29.4 Å². The fourth-order valence-corrected chi connectivity index (χ4v) is 1.94. The number of aromatic nitrogens is 1. The molecule has 2 rings (SSSR count). The number of thiophene rings is 1. The molecule has 0 fully saturated rings. The third-order valence-corrected chi connectivity index (χ3v) is 2.75. The van der Waals surface area contributed by atoms with Crippen LogP contribution in [0.15, 0.2) is 31.2 Å². The van der Waals surface area contributed by atoms with Gasteiger partial charge in [0.05, 0.1) is 0 Å². The zero-order valence-corrected chi connectivity index (χ0v) is 8.25. The number of hydrogen-bond acceptors (Lipinski definition) is 5. The zero-order valence-electron chi connectivity index (χ0n) is 7.43. The van der Waals surface area contributed by atoms with Gasteiger partial charge in [0, 0.05) is 11.3 Å². The molecule has 14 heavy (non-hydrogen) atoms. The first-order valence-corrected chi connectivity index (χ1v) is 5.20. The van der Waals surface area contributed by atoms with Gasteiger partial charge in [-0.2, -0.15) is 0 Å². The molecule has 0 spiro atoms. The van der Waals surface area contributed by atoms with Crippen molar-refractivity contribution in [3.05, 3.63) is 38.9 Å². The van der Waals surface area contributed by atoms with Crippen molar-refractivity contribution in [3.8, 4) is 0 Å². The monoisotopic (exact) mass is 211 g/mol. The Bertz CT molecular complexity index is 429. The minimum absolute atomic E-state index is 0.381. The van der Waals surface area contributed by atoms with Crippen molar-refractivity contribution in [2.75, 3.05) is 0 Å². The molecule has 0 saturated carbocycles. The summed E-state index contributed by atoms with van der Waals surface area (Å²) < 4.78 is 8.96. The molecule has 2 heterocycles. The van der Waals surface area contributed by atoms with Gasteiger partial charge < -0.3 is 4.42 Å². The van der Waals surface area contributed by atoms with Crippen molar-refractivity contribution in [3.63, 3.8) is 0 Å². The van der Waals surface area contributed by atoms with Gasteiger partial charge in [-0.25, -0.2) is 4.79 Å². The van der Waals surface area contributed by atoms with Gasteiger partial charge in [-0.1, -0.05) is 6.07 Å². The third kappa shape index (κ3) is 2.32. The Balaban J connectivity index is 1.81. The van der Waals surface area contributed by atoms with E-state index >= 15 is 0 Å². The second-order valence-corrected chi connectivity index (χ2v) is 3.89. The second kappa shape index (κ2) is 4.23. The maximum Gasteiger partial charge on any atom is 0.542 e. The summed E-state index contributed by atoms with van der Waals surface area (Å²) >= 11 is 1.73. The summed E-state index contributed by atoms with van der Waals surface area (Å²) in [6, 6.07) is 4.11. The highest BCUT2D eigenvalue weighted by Crippen LogP contribution is 2.11. The summed E-state index contributed by atoms with van der Waals surface area (Å²) in [4.78, 5) is 11.8. The van der Waals surface area contributed by atoms with Gasteiger partial charge in [-0.3, -0.25) is 4.52 Å². The van der Waals surface area contributed by atoms with E-state index in [4.69, 9.17) is 0 Å². The lowest BCUT2D eigenvalue weighted by Gasteiger charge is -1.92. The van der Waals surface area contributed by atoms with Crippen LogP contribution in [0, 0.1) is 0 Å². The van der Waals surface area contributed by atoms with E-state index in [1.54, 1.807) is 11.3 Å². The van der Waals surface area contributed by atoms with E-state index in [-0.39, 0.29) is 0 Å². The van der Waals surface area contributed by atoms with Crippen LogP contribution in [0.25, 0.3) is 0 Å². The molecule has 0 aliphatic rings. The Kier molecular flexibility index (Phi) is 2.78. The zero-order chi connectivity index (χ0) is 9.80. The van der Waals surface area contributed by atoms with Gasteiger partial charge in [0.1, 0.15) is 0 Å². The van der Waals surface area contributed by atoms with Gasteiger partial charge in [0.2, 0.25) is 5.89 Å². The fourth-order valence-electron chi connectivity index (χ4n) is 1.19. The first kappa shape index (κ1) is 9.21. The molecule has 74 valence electrons. The molecule has 0 radical (unpaired) electrons. The maximum atomic E-state index is 10.5. The lowest BCUT2D eigenvalue weighted by atomic mass is 10.2. The van der Waals surface area contributed by atoms with Gasteiger partial charge in [0.25, 0.3) is 0 Å². The molecule has 0 aliphatic heterocycles. The summed E-state index contributed by atoms with van der Waals surface area (Å²) in [5.74, 6) is -0.345. The van der Waals surface area contributed by atoms with Crippen LogP contribution < -0.4 is 5.82 Å². The normalized spacial score (nSPS) is 10.6. The molecule has 0 bridgehead atoms. The molecule has 0 N–H and O–H groups in total. The average molecular weight is 211 g/mol. The highest BCUT2D eigenvalue weighted by molar-refractivity contribution is 7.09. The van der Waals surface area contributed by atoms with Crippen molar-refractivity contribution in [1.29, 1.82) is 0 Å². The van der Waals surface area contributed by atoms with Crippen LogP contribution in [-0.2, 0) is 12.8 Å². The molecular formula is C9H9NO3S. The Hall–Kier alpha value is -1.36. The molecule has 0 aromatic carbocycles. The molecular weight excluding hydrogens is 202 g/mol. The number of aryl methyl sites for hydroxylation is 2. The summed E-state index contributed by atoms with van der Waals surface area (Å²) in [6.45, 7) is 0. The molecule has 0 aliphatic carbocycles. The van der Waals surface area contributed by atoms with Crippen molar-refractivity contribution in [1.82, 2.24) is 5.16 Å². The maximum absolute atomic E-state index is 10.5. The van der Waals surface area contributed by atoms with Crippen LogP contribution >= 0.6 is 11.3 Å². The minimum atomic E-state index is -0.726. The van der Waals surface area contributed by atoms with Crippen molar-refractivity contribution in [2.45, 2.75) is 19.3 Å². The SMILES string of the molecule is O=c1onc(CCCc2cccs2)o1. The van der Waals surface area contributed by atoms with Crippen LogP contribution in [0.3, 0.4) is 0 Å². The summed E-state index contributed by atoms with van der Waals surface area (Å²) in [5.41, 5.74) is 0. The lowest BCUT2D eigenvalue weighted by molar-refractivity contribution is 0.334. The predicted octanol–water partition coefficient (Wildman–Crippen LogP) is 1.86.